The lowest BCUT2D eigenvalue weighted by molar-refractivity contribution is 0.205. The van der Waals surface area contributed by atoms with Gasteiger partial charge in [0.25, 0.3) is 0 Å². The third kappa shape index (κ3) is 2.74. The third-order valence-corrected chi connectivity index (χ3v) is 2.84. The molecule has 0 fully saturated rings. The van der Waals surface area contributed by atoms with Crippen molar-refractivity contribution in [2.45, 2.75) is 6.92 Å². The van der Waals surface area contributed by atoms with Crippen LogP contribution >= 0.6 is 0 Å². The maximum atomic E-state index is 11.5. The molecule has 0 saturated carbocycles. The molecule has 0 amide bonds. The zero-order chi connectivity index (χ0) is 13.8. The van der Waals surface area contributed by atoms with Crippen LogP contribution in [0.4, 0.5) is 5.82 Å². The molecule has 19 heavy (non-hydrogen) atoms. The smallest absolute Gasteiger partial charge is 0.349 e. The number of aryl methyl sites for hydroxylation is 1. The van der Waals surface area contributed by atoms with Gasteiger partial charge in [0.15, 0.2) is 5.65 Å². The van der Waals surface area contributed by atoms with Crippen LogP contribution in [0, 0.1) is 6.92 Å². The number of aromatic nitrogens is 4. The number of nitrogens with two attached hydrogens (primary N) is 1. The number of fused-ring (bicyclic) bond motifs is 1. The quantitative estimate of drug-likeness (QED) is 0.705. The van der Waals surface area contributed by atoms with Gasteiger partial charge >= 0.3 is 5.69 Å². The van der Waals surface area contributed by atoms with Gasteiger partial charge in [0.05, 0.1) is 6.61 Å². The summed E-state index contributed by atoms with van der Waals surface area (Å²) in [4.78, 5) is 18.0. The summed E-state index contributed by atoms with van der Waals surface area (Å²) in [6, 6.07) is 1.76. The average Bonchev–Trinajstić information content (AvgIpc) is 2.76. The van der Waals surface area contributed by atoms with Gasteiger partial charge in [0.2, 0.25) is 0 Å². The summed E-state index contributed by atoms with van der Waals surface area (Å²) in [6.45, 7) is 4.22. The second-order valence-electron chi connectivity index (χ2n) is 4.15. The largest absolute Gasteiger partial charge is 0.383 e. The fraction of sp³-hybridized carbons (Fsp3) is 0.545. The van der Waals surface area contributed by atoms with Crippen molar-refractivity contribution in [1.82, 2.24) is 19.6 Å². The van der Waals surface area contributed by atoms with Gasteiger partial charge in [-0.05, 0) is 6.92 Å². The van der Waals surface area contributed by atoms with E-state index < -0.39 is 0 Å². The highest BCUT2D eigenvalue weighted by Crippen LogP contribution is 2.13. The third-order valence-electron chi connectivity index (χ3n) is 2.84. The molecule has 2 aromatic rings. The van der Waals surface area contributed by atoms with E-state index in [4.69, 9.17) is 10.5 Å². The number of anilines is 1. The van der Waals surface area contributed by atoms with Gasteiger partial charge in [-0.25, -0.2) is 19.3 Å². The van der Waals surface area contributed by atoms with Crippen LogP contribution in [0.1, 0.15) is 5.82 Å². The number of nitrogens with zero attached hydrogens (tertiary/aromatic N) is 4. The first-order valence-corrected chi connectivity index (χ1v) is 6.06. The van der Waals surface area contributed by atoms with Gasteiger partial charge < -0.3 is 15.4 Å². The highest BCUT2D eigenvalue weighted by atomic mass is 16.5. The molecule has 0 spiro atoms. The minimum absolute atomic E-state index is 0.284. The normalized spacial score (nSPS) is 11.1. The van der Waals surface area contributed by atoms with Crippen molar-refractivity contribution < 1.29 is 4.74 Å². The van der Waals surface area contributed by atoms with Crippen molar-refractivity contribution >= 4 is 11.5 Å². The number of H-pyrrole nitrogens is 1. The van der Waals surface area contributed by atoms with E-state index in [2.05, 4.69) is 15.2 Å². The molecule has 0 aliphatic carbocycles. The van der Waals surface area contributed by atoms with Gasteiger partial charge in [0, 0.05) is 32.8 Å². The molecule has 104 valence electrons. The molecule has 2 rings (SSSR count). The second kappa shape index (κ2) is 5.81. The van der Waals surface area contributed by atoms with Gasteiger partial charge in [-0.2, -0.15) is 5.10 Å². The predicted molar refractivity (Wildman–Crippen MR) is 71.5 cm³/mol. The summed E-state index contributed by atoms with van der Waals surface area (Å²) in [5.41, 5.74) is 5.87. The molecule has 0 aliphatic heterocycles. The first kappa shape index (κ1) is 13.5. The molecule has 0 atom stereocenters. The van der Waals surface area contributed by atoms with Crippen LogP contribution in [0.15, 0.2) is 10.9 Å². The Hall–Kier alpha value is -1.93. The van der Waals surface area contributed by atoms with Crippen LogP contribution in [-0.2, 0) is 4.74 Å². The van der Waals surface area contributed by atoms with Crippen LogP contribution in [-0.4, -0.2) is 52.9 Å². The maximum absolute atomic E-state index is 11.5. The molecule has 3 N–H and O–H groups in total. The fourth-order valence-electron chi connectivity index (χ4n) is 1.94. The Bertz CT molecular complexity index is 605. The minimum Gasteiger partial charge on any atom is -0.383 e. The standard InChI is InChI=1S/C11H18N6O2/c1-8-13-9(16(4-3-12)5-6-19-2)7-10-14-15-11(18)17(8)10/h7H,3-6,12H2,1-2H3,(H,15,18). The Morgan fingerprint density at radius 3 is 3.00 bits per heavy atom. The van der Waals surface area contributed by atoms with Gasteiger partial charge in [-0.15, -0.1) is 0 Å². The molecule has 0 aliphatic rings. The lowest BCUT2D eigenvalue weighted by Crippen LogP contribution is -2.33. The summed E-state index contributed by atoms with van der Waals surface area (Å²) in [5.74, 6) is 1.33. The van der Waals surface area contributed by atoms with E-state index in [1.807, 2.05) is 4.90 Å². The molecule has 0 bridgehead atoms. The molecule has 0 radical (unpaired) electrons. The first-order valence-electron chi connectivity index (χ1n) is 6.06. The second-order valence-corrected chi connectivity index (χ2v) is 4.15. The number of methoxy groups -OCH3 is 1. The predicted octanol–water partition coefficient (Wildman–Crippen LogP) is -0.862. The zero-order valence-corrected chi connectivity index (χ0v) is 11.1. The van der Waals surface area contributed by atoms with E-state index in [0.29, 0.717) is 37.7 Å². The molecule has 0 unspecified atom stereocenters. The Balaban J connectivity index is 2.39. The highest BCUT2D eigenvalue weighted by molar-refractivity contribution is 5.51. The van der Waals surface area contributed by atoms with Crippen molar-refractivity contribution in [3.8, 4) is 0 Å². The fourth-order valence-corrected chi connectivity index (χ4v) is 1.94. The summed E-state index contributed by atoms with van der Waals surface area (Å²) in [6.07, 6.45) is 0. The number of hydrogen-bond donors (Lipinski definition) is 2. The first-order chi connectivity index (χ1) is 9.17. The summed E-state index contributed by atoms with van der Waals surface area (Å²) in [7, 11) is 1.65. The number of aromatic amines is 1. The maximum Gasteiger partial charge on any atom is 0.349 e. The molecule has 0 aromatic carbocycles. The lowest BCUT2D eigenvalue weighted by atomic mass is 10.4. The molecular formula is C11H18N6O2. The van der Waals surface area contributed by atoms with Crippen LogP contribution < -0.4 is 16.3 Å². The van der Waals surface area contributed by atoms with Crippen LogP contribution in [0.5, 0.6) is 0 Å². The molecule has 8 heteroatoms. The molecule has 2 heterocycles. The van der Waals surface area contributed by atoms with Gasteiger partial charge in [-0.3, -0.25) is 0 Å². The number of rotatable bonds is 6. The molecule has 8 nitrogen and oxygen atoms in total. The number of nitrogens with one attached hydrogen (secondary N) is 1. The lowest BCUT2D eigenvalue weighted by Gasteiger charge is -2.22. The van der Waals surface area contributed by atoms with Gasteiger partial charge in [-0.1, -0.05) is 0 Å². The zero-order valence-electron chi connectivity index (χ0n) is 11.1. The van der Waals surface area contributed by atoms with E-state index in [9.17, 15) is 4.79 Å². The van der Waals surface area contributed by atoms with E-state index >= 15 is 0 Å². The van der Waals surface area contributed by atoms with Crippen LogP contribution in [0.2, 0.25) is 0 Å². The van der Waals surface area contributed by atoms with Crippen molar-refractivity contribution in [2.24, 2.45) is 5.73 Å². The van der Waals surface area contributed by atoms with Gasteiger partial charge in [0.1, 0.15) is 11.6 Å². The highest BCUT2D eigenvalue weighted by Gasteiger charge is 2.12. The van der Waals surface area contributed by atoms with Crippen molar-refractivity contribution in [3.05, 3.63) is 22.4 Å². The minimum atomic E-state index is -0.284. The summed E-state index contributed by atoms with van der Waals surface area (Å²) >= 11 is 0. The molecule has 2 aromatic heterocycles. The Labute approximate surface area is 110 Å². The van der Waals surface area contributed by atoms with Crippen molar-refractivity contribution in [2.75, 3.05) is 38.3 Å². The van der Waals surface area contributed by atoms with Crippen LogP contribution in [0.25, 0.3) is 5.65 Å². The van der Waals surface area contributed by atoms with Crippen LogP contribution in [0.3, 0.4) is 0 Å². The monoisotopic (exact) mass is 266 g/mol. The van der Waals surface area contributed by atoms with E-state index in [1.165, 1.54) is 4.40 Å². The topological polar surface area (TPSA) is 102 Å². The van der Waals surface area contributed by atoms with Crippen molar-refractivity contribution in [3.63, 3.8) is 0 Å². The van der Waals surface area contributed by atoms with E-state index in [-0.39, 0.29) is 5.69 Å². The Kier molecular flexibility index (Phi) is 4.13. The van der Waals surface area contributed by atoms with Crippen molar-refractivity contribution in [1.29, 1.82) is 0 Å². The SMILES string of the molecule is COCCN(CCN)c1cc2n[nH]c(=O)n2c(C)n1. The number of ether oxygens (including phenoxy) is 1. The Morgan fingerprint density at radius 2 is 2.32 bits per heavy atom. The molecule has 0 saturated heterocycles. The average molecular weight is 266 g/mol. The number of hydrogen-bond acceptors (Lipinski definition) is 6. The van der Waals surface area contributed by atoms with E-state index in [0.717, 1.165) is 5.82 Å². The van der Waals surface area contributed by atoms with E-state index in [1.54, 1.807) is 20.1 Å². The summed E-state index contributed by atoms with van der Waals surface area (Å²) in [5, 5.41) is 6.37. The summed E-state index contributed by atoms with van der Waals surface area (Å²) < 4.78 is 6.51. The molecular weight excluding hydrogens is 248 g/mol. The Morgan fingerprint density at radius 1 is 1.53 bits per heavy atom.